The molecule has 16 heavy (non-hydrogen) atoms. The minimum atomic E-state index is 0.170. The van der Waals surface area contributed by atoms with E-state index in [9.17, 15) is 4.79 Å². The third kappa shape index (κ3) is 2.65. The van der Waals surface area contributed by atoms with Crippen LogP contribution in [0, 0.1) is 0 Å². The molecule has 2 fully saturated rings. The molecular weight excluding hydrogens is 206 g/mol. The van der Waals surface area contributed by atoms with E-state index in [2.05, 4.69) is 19.2 Å². The molecule has 92 valence electrons. The molecule has 5 heteroatoms. The highest BCUT2D eigenvalue weighted by molar-refractivity contribution is 5.74. The van der Waals surface area contributed by atoms with Gasteiger partial charge in [0.05, 0.1) is 13.2 Å². The van der Waals surface area contributed by atoms with Crippen LogP contribution in [0.1, 0.15) is 13.8 Å². The Morgan fingerprint density at radius 2 is 1.69 bits per heavy atom. The van der Waals surface area contributed by atoms with Crippen LogP contribution in [0.5, 0.6) is 0 Å². The van der Waals surface area contributed by atoms with Crippen molar-refractivity contribution < 1.29 is 9.53 Å². The minimum absolute atomic E-state index is 0.170. The van der Waals surface area contributed by atoms with Gasteiger partial charge in [-0.3, -0.25) is 0 Å². The molecule has 0 aromatic rings. The van der Waals surface area contributed by atoms with Gasteiger partial charge >= 0.3 is 6.03 Å². The summed E-state index contributed by atoms with van der Waals surface area (Å²) in [6.45, 7) is 8.65. The van der Waals surface area contributed by atoms with Crippen molar-refractivity contribution in [1.29, 1.82) is 0 Å². The van der Waals surface area contributed by atoms with Crippen LogP contribution < -0.4 is 5.32 Å². The van der Waals surface area contributed by atoms with Gasteiger partial charge in [-0.1, -0.05) is 0 Å². The van der Waals surface area contributed by atoms with Crippen LogP contribution in [0.15, 0.2) is 0 Å². The van der Waals surface area contributed by atoms with Crippen molar-refractivity contribution in [2.75, 3.05) is 39.4 Å². The molecule has 0 spiro atoms. The highest BCUT2D eigenvalue weighted by atomic mass is 16.5. The van der Waals surface area contributed by atoms with E-state index in [1.165, 1.54) is 0 Å². The number of piperazine rings is 1. The molecule has 2 saturated heterocycles. The Morgan fingerprint density at radius 3 is 2.25 bits per heavy atom. The summed E-state index contributed by atoms with van der Waals surface area (Å²) in [5, 5.41) is 3.43. The van der Waals surface area contributed by atoms with Gasteiger partial charge in [-0.2, -0.15) is 0 Å². The molecule has 2 aliphatic rings. The first-order valence-corrected chi connectivity index (χ1v) is 6.04. The van der Waals surface area contributed by atoms with Crippen molar-refractivity contribution in [1.82, 2.24) is 15.1 Å². The Hall–Kier alpha value is -0.810. The van der Waals surface area contributed by atoms with Gasteiger partial charge in [-0.15, -0.1) is 0 Å². The van der Waals surface area contributed by atoms with Crippen molar-refractivity contribution in [3.8, 4) is 0 Å². The third-order valence-corrected chi connectivity index (χ3v) is 3.11. The highest BCUT2D eigenvalue weighted by Crippen LogP contribution is 2.09. The van der Waals surface area contributed by atoms with Crippen molar-refractivity contribution >= 4 is 6.03 Å². The molecule has 2 rings (SSSR count). The predicted octanol–water partition coefficient (Wildman–Crippen LogP) is 0.121. The zero-order valence-electron chi connectivity index (χ0n) is 10.1. The number of rotatable bonds is 0. The van der Waals surface area contributed by atoms with Gasteiger partial charge in [0.25, 0.3) is 0 Å². The van der Waals surface area contributed by atoms with Crippen molar-refractivity contribution in [2.24, 2.45) is 0 Å². The van der Waals surface area contributed by atoms with E-state index >= 15 is 0 Å². The fourth-order valence-electron chi connectivity index (χ4n) is 2.44. The average molecular weight is 227 g/mol. The molecule has 0 aromatic carbocycles. The number of morpholine rings is 1. The first-order chi connectivity index (χ1) is 7.66. The summed E-state index contributed by atoms with van der Waals surface area (Å²) < 4.78 is 5.25. The molecule has 2 amide bonds. The SMILES string of the molecule is CC1CN(C(=O)N2CCOCC2)CC(C)N1. The minimum Gasteiger partial charge on any atom is -0.378 e. The van der Waals surface area contributed by atoms with E-state index in [0.29, 0.717) is 25.3 Å². The molecule has 0 aromatic heterocycles. The lowest BCUT2D eigenvalue weighted by atomic mass is 10.1. The van der Waals surface area contributed by atoms with Crippen LogP contribution in [0.3, 0.4) is 0 Å². The summed E-state index contributed by atoms with van der Waals surface area (Å²) in [5.41, 5.74) is 0. The summed E-state index contributed by atoms with van der Waals surface area (Å²) in [5.74, 6) is 0. The third-order valence-electron chi connectivity index (χ3n) is 3.11. The van der Waals surface area contributed by atoms with E-state index < -0.39 is 0 Å². The van der Waals surface area contributed by atoms with Gasteiger partial charge < -0.3 is 19.9 Å². The molecule has 0 radical (unpaired) electrons. The van der Waals surface area contributed by atoms with Crippen molar-refractivity contribution in [3.63, 3.8) is 0 Å². The Bertz CT molecular complexity index is 244. The summed E-state index contributed by atoms with van der Waals surface area (Å²) >= 11 is 0. The summed E-state index contributed by atoms with van der Waals surface area (Å²) in [6.07, 6.45) is 0. The maximum absolute atomic E-state index is 12.2. The van der Waals surface area contributed by atoms with E-state index in [1.807, 2.05) is 9.80 Å². The van der Waals surface area contributed by atoms with Crippen LogP contribution in [0.2, 0.25) is 0 Å². The van der Waals surface area contributed by atoms with Gasteiger partial charge in [0.2, 0.25) is 0 Å². The molecule has 0 bridgehead atoms. The monoisotopic (exact) mass is 227 g/mol. The lowest BCUT2D eigenvalue weighted by molar-refractivity contribution is 0.0393. The zero-order chi connectivity index (χ0) is 11.5. The van der Waals surface area contributed by atoms with Crippen LogP contribution in [-0.4, -0.2) is 67.3 Å². The quantitative estimate of drug-likeness (QED) is 0.639. The number of amides is 2. The van der Waals surface area contributed by atoms with Gasteiger partial charge in [0.1, 0.15) is 0 Å². The molecule has 2 unspecified atom stereocenters. The Labute approximate surface area is 96.7 Å². The second-order valence-electron chi connectivity index (χ2n) is 4.76. The van der Waals surface area contributed by atoms with E-state index in [4.69, 9.17) is 4.74 Å². The molecule has 0 saturated carbocycles. The van der Waals surface area contributed by atoms with Crippen LogP contribution in [0.25, 0.3) is 0 Å². The summed E-state index contributed by atoms with van der Waals surface area (Å²) in [4.78, 5) is 16.1. The Kier molecular flexibility index (Phi) is 3.66. The second-order valence-corrected chi connectivity index (χ2v) is 4.76. The largest absolute Gasteiger partial charge is 0.378 e. The fourth-order valence-corrected chi connectivity index (χ4v) is 2.44. The fraction of sp³-hybridized carbons (Fsp3) is 0.909. The number of hydrogen-bond acceptors (Lipinski definition) is 3. The number of urea groups is 1. The maximum atomic E-state index is 12.2. The van der Waals surface area contributed by atoms with Crippen LogP contribution in [-0.2, 0) is 4.74 Å². The molecule has 2 atom stereocenters. The van der Waals surface area contributed by atoms with Gasteiger partial charge in [0, 0.05) is 38.3 Å². The number of carbonyl (C=O) groups is 1. The first kappa shape index (κ1) is 11.7. The number of nitrogens with one attached hydrogen (secondary N) is 1. The van der Waals surface area contributed by atoms with Gasteiger partial charge in [-0.05, 0) is 13.8 Å². The predicted molar refractivity (Wildman–Crippen MR) is 61.4 cm³/mol. The van der Waals surface area contributed by atoms with Crippen molar-refractivity contribution in [3.05, 3.63) is 0 Å². The van der Waals surface area contributed by atoms with Crippen LogP contribution >= 0.6 is 0 Å². The van der Waals surface area contributed by atoms with Crippen molar-refractivity contribution in [2.45, 2.75) is 25.9 Å². The topological polar surface area (TPSA) is 44.8 Å². The summed E-state index contributed by atoms with van der Waals surface area (Å²) in [6, 6.07) is 0.936. The second kappa shape index (κ2) is 5.01. The number of carbonyl (C=O) groups excluding carboxylic acids is 1. The normalized spacial score (nSPS) is 31.6. The molecule has 2 heterocycles. The zero-order valence-corrected chi connectivity index (χ0v) is 10.1. The van der Waals surface area contributed by atoms with Gasteiger partial charge in [-0.25, -0.2) is 4.79 Å². The summed E-state index contributed by atoms with van der Waals surface area (Å²) in [7, 11) is 0. The van der Waals surface area contributed by atoms with E-state index in [-0.39, 0.29) is 6.03 Å². The Morgan fingerprint density at radius 1 is 1.12 bits per heavy atom. The first-order valence-electron chi connectivity index (χ1n) is 6.04. The molecule has 5 nitrogen and oxygen atoms in total. The van der Waals surface area contributed by atoms with Crippen LogP contribution in [0.4, 0.5) is 4.79 Å². The standard InChI is InChI=1S/C11H21N3O2/c1-9-7-14(8-10(2)12-9)11(15)13-3-5-16-6-4-13/h9-10,12H,3-8H2,1-2H3. The molecule has 1 N–H and O–H groups in total. The Balaban J connectivity index is 1.92. The van der Waals surface area contributed by atoms with Gasteiger partial charge in [0.15, 0.2) is 0 Å². The highest BCUT2D eigenvalue weighted by Gasteiger charge is 2.28. The number of hydrogen-bond donors (Lipinski definition) is 1. The smallest absolute Gasteiger partial charge is 0.320 e. The van der Waals surface area contributed by atoms with E-state index in [1.54, 1.807) is 0 Å². The van der Waals surface area contributed by atoms with E-state index in [0.717, 1.165) is 26.2 Å². The molecule has 2 aliphatic heterocycles. The number of ether oxygens (including phenoxy) is 1. The maximum Gasteiger partial charge on any atom is 0.320 e. The lowest BCUT2D eigenvalue weighted by Gasteiger charge is -2.39. The lowest BCUT2D eigenvalue weighted by Crippen LogP contribution is -2.59. The molecular formula is C11H21N3O2. The molecule has 0 aliphatic carbocycles. The number of nitrogens with zero attached hydrogens (tertiary/aromatic N) is 2. The average Bonchev–Trinajstić information content (AvgIpc) is 2.28.